The molecule has 1 unspecified atom stereocenters. The van der Waals surface area contributed by atoms with Crippen LogP contribution >= 0.6 is 15.9 Å². The minimum atomic E-state index is -0.407. The number of hydrogen-bond acceptors (Lipinski definition) is 3. The van der Waals surface area contributed by atoms with Crippen molar-refractivity contribution in [1.82, 2.24) is 4.90 Å². The summed E-state index contributed by atoms with van der Waals surface area (Å²) >= 11 is 3.67. The Morgan fingerprint density at radius 2 is 2.10 bits per heavy atom. The van der Waals surface area contributed by atoms with E-state index >= 15 is 0 Å². The second-order valence-corrected chi connectivity index (χ2v) is 6.87. The molecule has 2 aliphatic heterocycles. The lowest BCUT2D eigenvalue weighted by Crippen LogP contribution is -2.55. The van der Waals surface area contributed by atoms with Crippen LogP contribution in [0.5, 0.6) is 0 Å². The fourth-order valence-electron chi connectivity index (χ4n) is 3.41. The van der Waals surface area contributed by atoms with E-state index in [9.17, 15) is 5.11 Å². The normalized spacial score (nSPS) is 25.4. The Hall–Kier alpha value is -0.580. The first-order valence-electron chi connectivity index (χ1n) is 7.61. The van der Waals surface area contributed by atoms with Gasteiger partial charge in [-0.3, -0.25) is 4.90 Å². The van der Waals surface area contributed by atoms with Gasteiger partial charge in [0.2, 0.25) is 0 Å². The highest BCUT2D eigenvalue weighted by atomic mass is 79.9. The van der Waals surface area contributed by atoms with Crippen LogP contribution in [0, 0.1) is 0 Å². The lowest BCUT2D eigenvalue weighted by atomic mass is 9.99. The van der Waals surface area contributed by atoms with E-state index in [1.807, 2.05) is 19.1 Å². The molecule has 3 nitrogen and oxygen atoms in total. The van der Waals surface area contributed by atoms with Gasteiger partial charge in [0.25, 0.3) is 0 Å². The number of aliphatic hydroxyl groups excluding tert-OH is 1. The summed E-state index contributed by atoms with van der Waals surface area (Å²) in [6.07, 6.45) is 3.66. The Bertz CT molecular complexity index is 478. The highest BCUT2D eigenvalue weighted by Crippen LogP contribution is 2.32. The van der Waals surface area contributed by atoms with Gasteiger partial charge in [0.15, 0.2) is 0 Å². The van der Waals surface area contributed by atoms with Crippen LogP contribution in [-0.2, 0) is 0 Å². The van der Waals surface area contributed by atoms with Crippen LogP contribution in [0.15, 0.2) is 22.7 Å². The van der Waals surface area contributed by atoms with Crippen molar-refractivity contribution in [3.63, 3.8) is 0 Å². The van der Waals surface area contributed by atoms with Gasteiger partial charge in [-0.05, 0) is 59.9 Å². The lowest BCUT2D eigenvalue weighted by Gasteiger charge is -2.45. The van der Waals surface area contributed by atoms with E-state index in [0.29, 0.717) is 0 Å². The van der Waals surface area contributed by atoms with Crippen LogP contribution in [0.2, 0.25) is 0 Å². The fourth-order valence-corrected chi connectivity index (χ4v) is 4.06. The van der Waals surface area contributed by atoms with Crippen molar-refractivity contribution in [2.45, 2.75) is 38.3 Å². The first kappa shape index (κ1) is 14.4. The number of fused-ring (bicyclic) bond motifs is 1. The third-order valence-electron chi connectivity index (χ3n) is 4.63. The first-order valence-corrected chi connectivity index (χ1v) is 8.41. The molecule has 0 spiro atoms. The van der Waals surface area contributed by atoms with Gasteiger partial charge >= 0.3 is 0 Å². The molecule has 0 aliphatic carbocycles. The van der Waals surface area contributed by atoms with E-state index < -0.39 is 6.10 Å². The minimum absolute atomic E-state index is 0.407. The molecule has 0 saturated carbocycles. The molecule has 0 bridgehead atoms. The molecule has 2 saturated heterocycles. The van der Waals surface area contributed by atoms with Crippen molar-refractivity contribution in [2.75, 3.05) is 31.1 Å². The van der Waals surface area contributed by atoms with E-state index in [0.717, 1.165) is 29.2 Å². The summed E-state index contributed by atoms with van der Waals surface area (Å²) in [6.45, 7) is 6.49. The maximum Gasteiger partial charge on any atom is 0.0762 e. The van der Waals surface area contributed by atoms with Crippen molar-refractivity contribution in [3.8, 4) is 0 Å². The molecule has 2 fully saturated rings. The van der Waals surface area contributed by atoms with Gasteiger partial charge in [-0.25, -0.2) is 0 Å². The molecule has 1 aromatic carbocycles. The largest absolute Gasteiger partial charge is 0.389 e. The summed E-state index contributed by atoms with van der Waals surface area (Å²) in [5, 5.41) is 9.66. The van der Waals surface area contributed by atoms with E-state index in [-0.39, 0.29) is 0 Å². The molecule has 0 radical (unpaired) electrons. The Kier molecular flexibility index (Phi) is 4.34. The third-order valence-corrected chi connectivity index (χ3v) is 5.27. The van der Waals surface area contributed by atoms with E-state index in [2.05, 4.69) is 31.8 Å². The van der Waals surface area contributed by atoms with Crippen molar-refractivity contribution in [3.05, 3.63) is 28.2 Å². The molecule has 110 valence electrons. The number of piperazine rings is 1. The monoisotopic (exact) mass is 338 g/mol. The molecule has 2 heterocycles. The third kappa shape index (κ3) is 2.87. The number of benzene rings is 1. The van der Waals surface area contributed by atoms with E-state index in [4.69, 9.17) is 0 Å². The molecular weight excluding hydrogens is 316 g/mol. The number of rotatable bonds is 2. The molecule has 2 atom stereocenters. The molecule has 3 rings (SSSR count). The quantitative estimate of drug-likeness (QED) is 0.897. The van der Waals surface area contributed by atoms with Crippen LogP contribution in [0.1, 0.15) is 37.9 Å². The molecule has 1 aromatic rings. The van der Waals surface area contributed by atoms with E-state index in [1.54, 1.807) is 0 Å². The van der Waals surface area contributed by atoms with Gasteiger partial charge in [-0.15, -0.1) is 0 Å². The molecule has 1 N–H and O–H groups in total. The van der Waals surface area contributed by atoms with Gasteiger partial charge in [-0.1, -0.05) is 12.5 Å². The Balaban J connectivity index is 1.76. The van der Waals surface area contributed by atoms with Crippen LogP contribution in [0.3, 0.4) is 0 Å². The summed E-state index contributed by atoms with van der Waals surface area (Å²) in [4.78, 5) is 5.14. The predicted octanol–water partition coefficient (Wildman–Crippen LogP) is 3.18. The van der Waals surface area contributed by atoms with Crippen LogP contribution < -0.4 is 4.90 Å². The first-order chi connectivity index (χ1) is 9.65. The maximum atomic E-state index is 9.66. The lowest BCUT2D eigenvalue weighted by molar-refractivity contribution is 0.133. The summed E-state index contributed by atoms with van der Waals surface area (Å²) in [7, 11) is 0. The summed E-state index contributed by atoms with van der Waals surface area (Å²) in [5.41, 5.74) is 2.23. The summed E-state index contributed by atoms with van der Waals surface area (Å²) < 4.78 is 1.10. The van der Waals surface area contributed by atoms with Crippen molar-refractivity contribution in [1.29, 1.82) is 0 Å². The topological polar surface area (TPSA) is 26.7 Å². The molecule has 20 heavy (non-hydrogen) atoms. The predicted molar refractivity (Wildman–Crippen MR) is 86.2 cm³/mol. The zero-order valence-corrected chi connectivity index (χ0v) is 13.6. The number of piperidine rings is 1. The minimum Gasteiger partial charge on any atom is -0.389 e. The van der Waals surface area contributed by atoms with Gasteiger partial charge in [0.1, 0.15) is 0 Å². The molecule has 2 aliphatic rings. The van der Waals surface area contributed by atoms with Crippen LogP contribution in [-0.4, -0.2) is 42.2 Å². The van der Waals surface area contributed by atoms with E-state index in [1.165, 1.54) is 38.0 Å². The SMILES string of the molecule is C[C@@H](O)c1ccc(N2CCN3CCCCC3C2)c(Br)c1. The van der Waals surface area contributed by atoms with Gasteiger partial charge in [0, 0.05) is 30.1 Å². The standard InChI is InChI=1S/C16H23BrN2O/c1-12(20)13-5-6-16(15(17)10-13)19-9-8-18-7-3-2-4-14(18)11-19/h5-6,10,12,14,20H,2-4,7-9,11H2,1H3/t12-,14?/m1/s1. The highest BCUT2D eigenvalue weighted by Gasteiger charge is 2.29. The fraction of sp³-hybridized carbons (Fsp3) is 0.625. The van der Waals surface area contributed by atoms with Crippen molar-refractivity contribution < 1.29 is 5.11 Å². The number of aliphatic hydroxyl groups is 1. The maximum absolute atomic E-state index is 9.66. The Labute approximate surface area is 129 Å². The van der Waals surface area contributed by atoms with Gasteiger partial charge in [0.05, 0.1) is 11.8 Å². The van der Waals surface area contributed by atoms with Crippen LogP contribution in [0.4, 0.5) is 5.69 Å². The average molecular weight is 339 g/mol. The zero-order valence-electron chi connectivity index (χ0n) is 12.1. The van der Waals surface area contributed by atoms with Crippen molar-refractivity contribution >= 4 is 21.6 Å². The number of nitrogens with zero attached hydrogens (tertiary/aromatic N) is 2. The average Bonchev–Trinajstić information content (AvgIpc) is 2.46. The Morgan fingerprint density at radius 3 is 2.85 bits per heavy atom. The van der Waals surface area contributed by atoms with Crippen LogP contribution in [0.25, 0.3) is 0 Å². The number of halogens is 1. The molecular formula is C16H23BrN2O. The zero-order chi connectivity index (χ0) is 14.1. The highest BCUT2D eigenvalue weighted by molar-refractivity contribution is 9.10. The molecule has 4 heteroatoms. The number of anilines is 1. The smallest absolute Gasteiger partial charge is 0.0762 e. The molecule has 0 aromatic heterocycles. The summed E-state index contributed by atoms with van der Waals surface area (Å²) in [5.74, 6) is 0. The Morgan fingerprint density at radius 1 is 1.25 bits per heavy atom. The summed E-state index contributed by atoms with van der Waals surface area (Å²) in [6, 6.07) is 6.96. The van der Waals surface area contributed by atoms with Gasteiger partial charge in [-0.2, -0.15) is 0 Å². The number of hydrogen-bond donors (Lipinski definition) is 1. The van der Waals surface area contributed by atoms with Gasteiger partial charge < -0.3 is 10.0 Å². The second-order valence-electron chi connectivity index (χ2n) is 6.02. The second kappa shape index (κ2) is 6.04. The molecule has 0 amide bonds. The van der Waals surface area contributed by atoms with Crippen molar-refractivity contribution in [2.24, 2.45) is 0 Å².